The first-order chi connectivity index (χ1) is 16.8. The van der Waals surface area contributed by atoms with Crippen molar-refractivity contribution in [3.8, 4) is 0 Å². The summed E-state index contributed by atoms with van der Waals surface area (Å²) in [6.45, 7) is 15.6. The highest BCUT2D eigenvalue weighted by Gasteiger charge is 2.27. The van der Waals surface area contributed by atoms with Gasteiger partial charge in [0, 0.05) is 20.7 Å². The van der Waals surface area contributed by atoms with E-state index < -0.39 is 25.7 Å². The Labute approximate surface area is 217 Å². The number of esters is 1. The molecule has 0 aliphatic heterocycles. The van der Waals surface area contributed by atoms with Gasteiger partial charge in [0.2, 0.25) is 0 Å². The van der Waals surface area contributed by atoms with Crippen molar-refractivity contribution in [2.24, 2.45) is 0 Å². The zero-order valence-electron chi connectivity index (χ0n) is 22.9. The van der Waals surface area contributed by atoms with Crippen LogP contribution >= 0.6 is 0 Å². The molecule has 36 heavy (non-hydrogen) atoms. The predicted molar refractivity (Wildman–Crippen MR) is 147 cm³/mol. The molecule has 0 aliphatic carbocycles. The Balaban J connectivity index is 1.94. The summed E-state index contributed by atoms with van der Waals surface area (Å²) < 4.78 is 16.9. The maximum Gasteiger partial charge on any atom is 0.407 e. The molecule has 1 unspecified atom stereocenters. The first-order valence-corrected chi connectivity index (χ1v) is 16.4. The molecule has 0 saturated carbocycles. The van der Waals surface area contributed by atoms with Crippen LogP contribution in [0.3, 0.4) is 0 Å². The maximum absolute atomic E-state index is 12.9. The van der Waals surface area contributed by atoms with Gasteiger partial charge in [0.1, 0.15) is 18.1 Å². The van der Waals surface area contributed by atoms with Gasteiger partial charge in [-0.15, -0.1) is 0 Å². The monoisotopic (exact) mass is 513 g/mol. The highest BCUT2D eigenvalue weighted by atomic mass is 28.3. The molecule has 0 spiro atoms. The smallest absolute Gasteiger partial charge is 0.407 e. The van der Waals surface area contributed by atoms with E-state index in [1.165, 1.54) is 0 Å². The van der Waals surface area contributed by atoms with Gasteiger partial charge in [-0.05, 0) is 56.9 Å². The number of hydrogen-bond donors (Lipinski definition) is 1. The van der Waals surface area contributed by atoms with Crippen LogP contribution in [0.25, 0.3) is 0 Å². The predicted octanol–water partition coefficient (Wildman–Crippen LogP) is 6.32. The van der Waals surface area contributed by atoms with Crippen LogP contribution in [-0.2, 0) is 32.0 Å². The van der Waals surface area contributed by atoms with Crippen molar-refractivity contribution in [2.45, 2.75) is 84.0 Å². The van der Waals surface area contributed by atoms with Crippen molar-refractivity contribution < 1.29 is 23.8 Å². The first-order valence-electron chi connectivity index (χ1n) is 12.7. The first kappa shape index (κ1) is 29.6. The molecule has 0 radical (unpaired) electrons. The zero-order valence-corrected chi connectivity index (χ0v) is 23.9. The third-order valence-electron chi connectivity index (χ3n) is 5.47. The normalized spacial score (nSPS) is 13.5. The van der Waals surface area contributed by atoms with Gasteiger partial charge in [-0.25, -0.2) is 4.79 Å². The Morgan fingerprint density at radius 1 is 0.944 bits per heavy atom. The molecule has 1 amide bonds. The highest BCUT2D eigenvalue weighted by molar-refractivity contribution is 6.76. The molecule has 0 saturated heterocycles. The lowest BCUT2D eigenvalue weighted by Gasteiger charge is -2.25. The van der Waals surface area contributed by atoms with Crippen LogP contribution in [0.1, 0.15) is 50.3 Å². The standard InChI is InChI=1S/C29H43NO5Si/c1-22(30-28(32)34-20-24-11-9-8-10-12-24)19-23-13-15-25(16-14-23)26(27(31)35-29(2,3)4)21-33-17-18-36(5,6)7/h8-16,22,26H,17-21H2,1-7H3,(H,30,32)/t22-,26?/m1/s1. The second kappa shape index (κ2) is 13.6. The number of hydrogen-bond acceptors (Lipinski definition) is 5. The topological polar surface area (TPSA) is 73.9 Å². The number of amides is 1. The van der Waals surface area contributed by atoms with Crippen LogP contribution in [0.15, 0.2) is 54.6 Å². The molecule has 0 aliphatic rings. The van der Waals surface area contributed by atoms with Crippen LogP contribution in [0.2, 0.25) is 25.7 Å². The molecule has 198 valence electrons. The molecule has 0 heterocycles. The van der Waals surface area contributed by atoms with Gasteiger partial charge in [-0.2, -0.15) is 0 Å². The lowest BCUT2D eigenvalue weighted by Crippen LogP contribution is -2.34. The van der Waals surface area contributed by atoms with Crippen molar-refractivity contribution in [1.82, 2.24) is 5.32 Å². The Bertz CT molecular complexity index is 948. The second-order valence-electron chi connectivity index (χ2n) is 11.5. The van der Waals surface area contributed by atoms with Crippen LogP contribution in [-0.4, -0.2) is 45.0 Å². The number of nitrogens with one attached hydrogen (secondary N) is 1. The van der Waals surface area contributed by atoms with Crippen LogP contribution in [0.5, 0.6) is 0 Å². The molecule has 7 heteroatoms. The number of ether oxygens (including phenoxy) is 3. The minimum atomic E-state index is -1.21. The van der Waals surface area contributed by atoms with Gasteiger partial charge in [0.15, 0.2) is 0 Å². The summed E-state index contributed by atoms with van der Waals surface area (Å²) in [4.78, 5) is 25.1. The Morgan fingerprint density at radius 2 is 1.58 bits per heavy atom. The van der Waals surface area contributed by atoms with Crippen molar-refractivity contribution in [2.75, 3.05) is 13.2 Å². The van der Waals surface area contributed by atoms with E-state index in [1.54, 1.807) is 0 Å². The van der Waals surface area contributed by atoms with Crippen LogP contribution in [0, 0.1) is 0 Å². The summed E-state index contributed by atoms with van der Waals surface area (Å²) >= 11 is 0. The molecule has 0 fully saturated rings. The molecule has 2 aromatic rings. The quantitative estimate of drug-likeness (QED) is 0.204. The Hall–Kier alpha value is -2.64. The van der Waals surface area contributed by atoms with Crippen molar-refractivity contribution >= 4 is 20.1 Å². The summed E-state index contributed by atoms with van der Waals surface area (Å²) in [5, 5.41) is 2.87. The van der Waals surface area contributed by atoms with Crippen LogP contribution < -0.4 is 5.32 Å². The fourth-order valence-electron chi connectivity index (χ4n) is 3.51. The van der Waals surface area contributed by atoms with E-state index in [4.69, 9.17) is 14.2 Å². The van der Waals surface area contributed by atoms with Crippen molar-refractivity contribution in [1.29, 1.82) is 0 Å². The van der Waals surface area contributed by atoms with Gasteiger partial charge in [-0.1, -0.05) is 74.2 Å². The average molecular weight is 514 g/mol. The van der Waals surface area contributed by atoms with E-state index in [0.717, 1.165) is 22.7 Å². The number of benzene rings is 2. The number of carbonyl (C=O) groups excluding carboxylic acids is 2. The maximum atomic E-state index is 12.9. The van der Waals surface area contributed by atoms with Gasteiger partial charge in [0.05, 0.1) is 6.61 Å². The third-order valence-corrected chi connectivity index (χ3v) is 7.18. The minimum Gasteiger partial charge on any atom is -0.459 e. The van der Waals surface area contributed by atoms with Gasteiger partial charge in [-0.3, -0.25) is 4.79 Å². The van der Waals surface area contributed by atoms with Gasteiger partial charge >= 0.3 is 12.1 Å². The number of alkyl carbamates (subject to hydrolysis) is 1. The molecule has 6 nitrogen and oxygen atoms in total. The largest absolute Gasteiger partial charge is 0.459 e. The summed E-state index contributed by atoms with van der Waals surface area (Å²) in [5.41, 5.74) is 2.30. The summed E-state index contributed by atoms with van der Waals surface area (Å²) in [7, 11) is -1.21. The van der Waals surface area contributed by atoms with Gasteiger partial charge < -0.3 is 19.5 Å². The Morgan fingerprint density at radius 3 is 2.17 bits per heavy atom. The SMILES string of the molecule is C[C@H](Cc1ccc(C(COCC[Si](C)(C)C)C(=O)OC(C)(C)C)cc1)NC(=O)OCc1ccccc1. The fourth-order valence-corrected chi connectivity index (χ4v) is 4.27. The summed E-state index contributed by atoms with van der Waals surface area (Å²) in [6, 6.07) is 18.4. The second-order valence-corrected chi connectivity index (χ2v) is 17.1. The van der Waals surface area contributed by atoms with Crippen molar-refractivity contribution in [3.63, 3.8) is 0 Å². The van der Waals surface area contributed by atoms with E-state index >= 15 is 0 Å². The van der Waals surface area contributed by atoms with Crippen molar-refractivity contribution in [3.05, 3.63) is 71.3 Å². The highest BCUT2D eigenvalue weighted by Crippen LogP contribution is 2.23. The van der Waals surface area contributed by atoms with E-state index in [1.807, 2.05) is 82.3 Å². The number of rotatable bonds is 12. The number of carbonyl (C=O) groups is 2. The van der Waals surface area contributed by atoms with E-state index in [9.17, 15) is 9.59 Å². The van der Waals surface area contributed by atoms with Crippen LogP contribution in [0.4, 0.5) is 4.79 Å². The molecule has 1 N–H and O–H groups in total. The molecular weight excluding hydrogens is 470 g/mol. The fraction of sp³-hybridized carbons (Fsp3) is 0.517. The zero-order chi connectivity index (χ0) is 26.8. The summed E-state index contributed by atoms with van der Waals surface area (Å²) in [5.74, 6) is -0.761. The average Bonchev–Trinajstić information content (AvgIpc) is 2.77. The van der Waals surface area contributed by atoms with E-state index in [0.29, 0.717) is 19.6 Å². The molecule has 0 aromatic heterocycles. The lowest BCUT2D eigenvalue weighted by molar-refractivity contribution is -0.158. The van der Waals surface area contributed by atoms with E-state index in [2.05, 4.69) is 25.0 Å². The molecule has 0 bridgehead atoms. The Kier molecular flexibility index (Phi) is 11.2. The minimum absolute atomic E-state index is 0.106. The third kappa shape index (κ3) is 11.9. The van der Waals surface area contributed by atoms with E-state index in [-0.39, 0.29) is 18.6 Å². The molecule has 2 atom stereocenters. The molecule has 2 rings (SSSR count). The molecule has 2 aromatic carbocycles. The molecular formula is C29H43NO5Si. The van der Waals surface area contributed by atoms with Gasteiger partial charge in [0.25, 0.3) is 0 Å². The summed E-state index contributed by atoms with van der Waals surface area (Å²) in [6.07, 6.45) is 0.202. The lowest BCUT2D eigenvalue weighted by atomic mass is 9.97.